The fourth-order valence-corrected chi connectivity index (χ4v) is 3.26. The molecule has 10 nitrogen and oxygen atoms in total. The molecule has 1 radical (unpaired) electrons. The highest BCUT2D eigenvalue weighted by atomic mass is 32.2. The molecule has 139 valence electrons. The van der Waals surface area contributed by atoms with Gasteiger partial charge in [-0.1, -0.05) is 17.2 Å². The molecule has 0 bridgehead atoms. The summed E-state index contributed by atoms with van der Waals surface area (Å²) in [5.41, 5.74) is 7.02. The molecule has 1 amide bonds. The van der Waals surface area contributed by atoms with Gasteiger partial charge < -0.3 is 10.2 Å². The third-order valence-corrected chi connectivity index (χ3v) is 5.86. The van der Waals surface area contributed by atoms with E-state index in [0.29, 0.717) is 11.3 Å². The van der Waals surface area contributed by atoms with Gasteiger partial charge in [-0.15, -0.1) is 5.10 Å². The second-order valence-electron chi connectivity index (χ2n) is 5.75. The topological polar surface area (TPSA) is 154 Å². The number of nitrogen functional groups attached to an aromatic ring is 1. The first kappa shape index (κ1) is 18.5. The molecule has 0 atom stereocenters. The van der Waals surface area contributed by atoms with Gasteiger partial charge in [0, 0.05) is 5.56 Å². The van der Waals surface area contributed by atoms with E-state index in [0.717, 1.165) is 0 Å². The van der Waals surface area contributed by atoms with Gasteiger partial charge in [0.2, 0.25) is 0 Å². The third kappa shape index (κ3) is 3.62. The molecule has 0 unspecified atom stereocenters. The highest BCUT2D eigenvalue weighted by Crippen LogP contribution is 2.27. The summed E-state index contributed by atoms with van der Waals surface area (Å²) in [6.07, 6.45) is 2.86. The van der Waals surface area contributed by atoms with Crippen molar-refractivity contribution >= 4 is 28.1 Å². The molecule has 2 aromatic heterocycles. The number of carbonyl (C=O) groups excluding carboxylic acids is 1. The van der Waals surface area contributed by atoms with Crippen molar-refractivity contribution in [2.45, 2.75) is 24.0 Å². The zero-order valence-electron chi connectivity index (χ0n) is 14.4. The summed E-state index contributed by atoms with van der Waals surface area (Å²) < 4.78 is 29.6. The summed E-state index contributed by atoms with van der Waals surface area (Å²) >= 11 is 0. The minimum atomic E-state index is -3.36. The average molecular weight is 387 g/mol. The summed E-state index contributed by atoms with van der Waals surface area (Å²) in [7, 11) is -3.36. The first-order valence-electron chi connectivity index (χ1n) is 7.77. The van der Waals surface area contributed by atoms with Crippen LogP contribution in [0.4, 0.5) is 11.8 Å². The van der Waals surface area contributed by atoms with E-state index in [2.05, 4.69) is 25.5 Å². The van der Waals surface area contributed by atoms with Crippen molar-refractivity contribution in [2.75, 3.05) is 11.1 Å². The van der Waals surface area contributed by atoms with Gasteiger partial charge in [-0.05, 0) is 26.0 Å². The van der Waals surface area contributed by atoms with Gasteiger partial charge >= 0.3 is 12.4 Å². The van der Waals surface area contributed by atoms with Crippen LogP contribution >= 0.6 is 0 Å². The van der Waals surface area contributed by atoms with E-state index in [1.165, 1.54) is 24.7 Å². The van der Waals surface area contributed by atoms with E-state index >= 15 is 0 Å². The Hall–Kier alpha value is -3.34. The molecule has 11 heteroatoms. The Morgan fingerprint density at radius 2 is 1.89 bits per heavy atom. The number of nitrogens with zero attached hydrogens (tertiary/aromatic N) is 4. The Balaban J connectivity index is 1.97. The third-order valence-electron chi connectivity index (χ3n) is 3.69. The molecule has 0 aliphatic rings. The molecule has 0 saturated carbocycles. The van der Waals surface area contributed by atoms with Gasteiger partial charge in [-0.25, -0.2) is 18.4 Å². The van der Waals surface area contributed by atoms with Crippen molar-refractivity contribution in [2.24, 2.45) is 0 Å². The Morgan fingerprint density at radius 3 is 2.52 bits per heavy atom. The molecule has 3 aromatic rings. The molecular formula is C16H15N6O4S. The maximum atomic E-state index is 12.2. The van der Waals surface area contributed by atoms with Crippen molar-refractivity contribution in [3.63, 3.8) is 0 Å². The number of hydrogen-bond donors (Lipinski definition) is 2. The summed E-state index contributed by atoms with van der Waals surface area (Å²) in [4.78, 5) is 18.9. The van der Waals surface area contributed by atoms with Crippen molar-refractivity contribution in [1.29, 1.82) is 0 Å². The maximum absolute atomic E-state index is 12.2. The van der Waals surface area contributed by atoms with Crippen LogP contribution in [0.15, 0.2) is 39.8 Å². The number of rotatable bonds is 6. The average Bonchev–Trinajstić information content (AvgIpc) is 3.11. The lowest BCUT2D eigenvalue weighted by Crippen LogP contribution is -2.13. The Morgan fingerprint density at radius 1 is 1.19 bits per heavy atom. The Bertz CT molecular complexity index is 1080. The molecular weight excluding hydrogens is 372 g/mol. The minimum Gasteiger partial charge on any atom is -0.401 e. The molecule has 1 aromatic carbocycles. The first-order chi connectivity index (χ1) is 12.8. The second-order valence-corrected chi connectivity index (χ2v) is 8.25. The Kier molecular flexibility index (Phi) is 4.86. The van der Waals surface area contributed by atoms with Crippen molar-refractivity contribution in [1.82, 2.24) is 20.2 Å². The zero-order chi connectivity index (χ0) is 19.6. The normalized spacial score (nSPS) is 11.5. The van der Waals surface area contributed by atoms with Crippen molar-refractivity contribution < 1.29 is 17.6 Å². The summed E-state index contributed by atoms with van der Waals surface area (Å²) in [6.45, 7) is 3.24. The molecule has 27 heavy (non-hydrogen) atoms. The largest absolute Gasteiger partial charge is 0.401 e. The minimum absolute atomic E-state index is 0.0291. The number of anilines is 2. The summed E-state index contributed by atoms with van der Waals surface area (Å²) in [6, 6.07) is 6.12. The zero-order valence-corrected chi connectivity index (χ0v) is 15.2. The molecule has 0 fully saturated rings. The smallest absolute Gasteiger partial charge is 0.323 e. The standard InChI is InChI=1S/C16H15N6O4S/c1-9(2)27(24,25)11-5-3-10(4-6-11)12-7-18-14(17)13(20-12)15-21-22-16(26-15)19-8-23/h3-7,9H,1-2H3,(H2,17,18)(H,19,22,23). The maximum Gasteiger partial charge on any atom is 0.323 e. The van der Waals surface area contributed by atoms with Gasteiger partial charge in [-0.3, -0.25) is 10.1 Å². The highest BCUT2D eigenvalue weighted by molar-refractivity contribution is 7.92. The van der Waals surface area contributed by atoms with Crippen LogP contribution in [-0.2, 0) is 14.6 Å². The van der Waals surface area contributed by atoms with E-state index in [9.17, 15) is 13.2 Å². The van der Waals surface area contributed by atoms with Crippen molar-refractivity contribution in [3.05, 3.63) is 30.5 Å². The number of benzene rings is 1. The summed E-state index contributed by atoms with van der Waals surface area (Å²) in [5.74, 6) is 0.0293. The molecule has 3 N–H and O–H groups in total. The molecule has 3 rings (SSSR count). The number of sulfone groups is 1. The van der Waals surface area contributed by atoms with Gasteiger partial charge in [0.1, 0.15) is 0 Å². The SMILES string of the molecule is CC(C)S(=O)(=O)c1ccc(-c2cnc(N)c(-c3nnc(N[C]=O)o3)n2)cc1. The van der Waals surface area contributed by atoms with Gasteiger partial charge in [0.25, 0.3) is 5.89 Å². The van der Waals surface area contributed by atoms with Crippen LogP contribution in [0.25, 0.3) is 22.8 Å². The molecule has 0 saturated heterocycles. The fourth-order valence-electron chi connectivity index (χ4n) is 2.20. The lowest BCUT2D eigenvalue weighted by atomic mass is 10.1. The number of hydrogen-bond acceptors (Lipinski definition) is 9. The quantitative estimate of drug-likeness (QED) is 0.598. The molecule has 0 aliphatic carbocycles. The first-order valence-corrected chi connectivity index (χ1v) is 9.31. The van der Waals surface area contributed by atoms with Gasteiger partial charge in [0.05, 0.1) is 22.0 Å². The van der Waals surface area contributed by atoms with E-state index in [-0.39, 0.29) is 28.3 Å². The second kappa shape index (κ2) is 7.11. The Labute approximate surface area is 154 Å². The number of amides is 1. The van der Waals surface area contributed by atoms with E-state index in [1.54, 1.807) is 26.0 Å². The van der Waals surface area contributed by atoms with Gasteiger partial charge in [0.15, 0.2) is 21.3 Å². The summed E-state index contributed by atoms with van der Waals surface area (Å²) in [5, 5.41) is 8.93. The predicted molar refractivity (Wildman–Crippen MR) is 96.8 cm³/mol. The predicted octanol–water partition coefficient (Wildman–Crippen LogP) is 1.44. The van der Waals surface area contributed by atoms with Crippen molar-refractivity contribution in [3.8, 4) is 22.8 Å². The van der Waals surface area contributed by atoms with Crippen LogP contribution in [0.1, 0.15) is 13.8 Å². The fraction of sp³-hybridized carbons (Fsp3) is 0.188. The number of nitrogens with two attached hydrogens (primary N) is 1. The van der Waals surface area contributed by atoms with Crippen LogP contribution in [0, 0.1) is 0 Å². The van der Waals surface area contributed by atoms with Crippen LogP contribution < -0.4 is 11.1 Å². The van der Waals surface area contributed by atoms with E-state index < -0.39 is 15.1 Å². The number of aromatic nitrogens is 4. The van der Waals surface area contributed by atoms with Crippen LogP contribution in [0.2, 0.25) is 0 Å². The number of nitrogens with one attached hydrogen (secondary N) is 1. The lowest BCUT2D eigenvalue weighted by molar-refractivity contribution is 0.552. The van der Waals surface area contributed by atoms with E-state index in [4.69, 9.17) is 10.2 Å². The molecule has 2 heterocycles. The molecule has 0 aliphatic heterocycles. The highest BCUT2D eigenvalue weighted by Gasteiger charge is 2.20. The van der Waals surface area contributed by atoms with Crippen LogP contribution in [0.5, 0.6) is 0 Å². The van der Waals surface area contributed by atoms with E-state index in [1.807, 2.05) is 0 Å². The monoisotopic (exact) mass is 387 g/mol. The van der Waals surface area contributed by atoms with Crippen LogP contribution in [-0.4, -0.2) is 40.2 Å². The molecule has 0 spiro atoms. The van der Waals surface area contributed by atoms with Crippen LogP contribution in [0.3, 0.4) is 0 Å². The lowest BCUT2D eigenvalue weighted by Gasteiger charge is -2.09. The van der Waals surface area contributed by atoms with Gasteiger partial charge in [-0.2, -0.15) is 0 Å².